The monoisotopic (exact) mass is 332 g/mol. The quantitative estimate of drug-likeness (QED) is 0.583. The van der Waals surface area contributed by atoms with Gasteiger partial charge in [0.2, 0.25) is 5.13 Å². The summed E-state index contributed by atoms with van der Waals surface area (Å²) >= 11 is 2.54. The summed E-state index contributed by atoms with van der Waals surface area (Å²) < 4.78 is 0. The van der Waals surface area contributed by atoms with E-state index in [2.05, 4.69) is 15.5 Å². The lowest BCUT2D eigenvalue weighted by Crippen LogP contribution is -2.09. The molecule has 1 N–H and O–H groups in total. The second-order valence-electron chi connectivity index (χ2n) is 4.15. The molecule has 0 fully saturated rings. The summed E-state index contributed by atoms with van der Waals surface area (Å²) in [6.45, 7) is 0. The number of nitrogens with one attached hydrogen (secondary N) is 1. The van der Waals surface area contributed by atoms with Crippen LogP contribution in [0.3, 0.4) is 0 Å². The van der Waals surface area contributed by atoms with Crippen LogP contribution < -0.4 is 5.32 Å². The number of hydrogen-bond acceptors (Lipinski definition) is 7. The number of hydrogen-bond donors (Lipinski definition) is 1. The van der Waals surface area contributed by atoms with Crippen LogP contribution in [0.1, 0.15) is 9.67 Å². The van der Waals surface area contributed by atoms with Gasteiger partial charge in [-0.2, -0.15) is 0 Å². The van der Waals surface area contributed by atoms with Crippen molar-refractivity contribution < 1.29 is 9.72 Å². The molecule has 2 heterocycles. The van der Waals surface area contributed by atoms with Crippen molar-refractivity contribution in [2.45, 2.75) is 0 Å². The van der Waals surface area contributed by atoms with E-state index >= 15 is 0 Å². The summed E-state index contributed by atoms with van der Waals surface area (Å²) in [7, 11) is 0. The Morgan fingerprint density at radius 3 is 2.59 bits per heavy atom. The number of anilines is 1. The van der Waals surface area contributed by atoms with E-state index in [-0.39, 0.29) is 11.6 Å². The number of nitro benzene ring substituents is 1. The largest absolute Gasteiger partial charge is 0.296 e. The lowest BCUT2D eigenvalue weighted by atomic mass is 10.2. The molecule has 3 rings (SSSR count). The molecule has 0 aliphatic rings. The van der Waals surface area contributed by atoms with E-state index in [1.165, 1.54) is 34.8 Å². The third-order valence-electron chi connectivity index (χ3n) is 2.72. The highest BCUT2D eigenvalue weighted by Crippen LogP contribution is 2.28. The Morgan fingerprint density at radius 1 is 1.18 bits per heavy atom. The number of nitro groups is 1. The summed E-state index contributed by atoms with van der Waals surface area (Å²) in [6, 6.07) is 9.52. The average Bonchev–Trinajstić information content (AvgIpc) is 3.19. The number of thiophene rings is 1. The molecule has 0 saturated heterocycles. The molecule has 0 radical (unpaired) electrons. The third kappa shape index (κ3) is 3.00. The van der Waals surface area contributed by atoms with Gasteiger partial charge < -0.3 is 0 Å². The molecule has 0 unspecified atom stereocenters. The van der Waals surface area contributed by atoms with Crippen molar-refractivity contribution in [3.63, 3.8) is 0 Å². The van der Waals surface area contributed by atoms with Gasteiger partial charge in [-0.15, -0.1) is 21.5 Å². The van der Waals surface area contributed by atoms with Crippen LogP contribution in [-0.2, 0) is 0 Å². The second kappa shape index (κ2) is 6.00. The molecule has 2 aromatic heterocycles. The van der Waals surface area contributed by atoms with Gasteiger partial charge in [-0.25, -0.2) is 0 Å². The van der Waals surface area contributed by atoms with E-state index in [4.69, 9.17) is 0 Å². The zero-order valence-electron chi connectivity index (χ0n) is 10.9. The van der Waals surface area contributed by atoms with Crippen molar-refractivity contribution in [1.82, 2.24) is 10.2 Å². The molecule has 0 bridgehead atoms. The first-order chi connectivity index (χ1) is 10.6. The molecule has 9 heteroatoms. The van der Waals surface area contributed by atoms with Crippen LogP contribution in [-0.4, -0.2) is 21.0 Å². The Kier molecular flexibility index (Phi) is 3.90. The van der Waals surface area contributed by atoms with Crippen LogP contribution in [0.2, 0.25) is 0 Å². The molecule has 110 valence electrons. The minimum absolute atomic E-state index is 0.0134. The molecule has 7 nitrogen and oxygen atoms in total. The van der Waals surface area contributed by atoms with Crippen LogP contribution in [0.25, 0.3) is 10.6 Å². The van der Waals surface area contributed by atoms with Gasteiger partial charge in [0.1, 0.15) is 5.01 Å². The molecule has 3 aromatic rings. The van der Waals surface area contributed by atoms with Gasteiger partial charge in [-0.1, -0.05) is 17.4 Å². The number of non-ortho nitro benzene ring substituents is 1. The fourth-order valence-electron chi connectivity index (χ4n) is 1.68. The molecule has 22 heavy (non-hydrogen) atoms. The van der Waals surface area contributed by atoms with E-state index in [1.807, 2.05) is 5.38 Å². The molecular weight excluding hydrogens is 324 g/mol. The molecule has 0 saturated carbocycles. The first-order valence-corrected chi connectivity index (χ1v) is 7.76. The summed E-state index contributed by atoms with van der Waals surface area (Å²) in [6.07, 6.45) is 0. The number of nitrogens with zero attached hydrogens (tertiary/aromatic N) is 3. The lowest BCUT2D eigenvalue weighted by Gasteiger charge is -1.96. The van der Waals surface area contributed by atoms with Crippen molar-refractivity contribution in [2.75, 3.05) is 5.32 Å². The van der Waals surface area contributed by atoms with Gasteiger partial charge >= 0.3 is 0 Å². The number of carbonyl (C=O) groups excluding carboxylic acids is 1. The maximum Gasteiger partial charge on any atom is 0.269 e. The van der Waals surface area contributed by atoms with Gasteiger partial charge in [0.05, 0.1) is 9.80 Å². The Labute approximate surface area is 132 Å². The summed E-state index contributed by atoms with van der Waals surface area (Å²) in [5.74, 6) is -0.235. The molecule has 1 aromatic carbocycles. The minimum atomic E-state index is -0.462. The van der Waals surface area contributed by atoms with Gasteiger partial charge in [0.25, 0.3) is 11.6 Å². The van der Waals surface area contributed by atoms with Crippen LogP contribution in [0.4, 0.5) is 10.8 Å². The van der Waals surface area contributed by atoms with Gasteiger partial charge in [0.15, 0.2) is 0 Å². The van der Waals surface area contributed by atoms with E-state index in [0.717, 1.165) is 0 Å². The van der Waals surface area contributed by atoms with Crippen molar-refractivity contribution in [1.29, 1.82) is 0 Å². The molecule has 0 aliphatic carbocycles. The zero-order chi connectivity index (χ0) is 15.5. The number of rotatable bonds is 4. The van der Waals surface area contributed by atoms with Gasteiger partial charge in [-0.05, 0) is 23.6 Å². The minimum Gasteiger partial charge on any atom is -0.296 e. The Bertz CT molecular complexity index is 812. The van der Waals surface area contributed by atoms with E-state index < -0.39 is 4.92 Å². The van der Waals surface area contributed by atoms with Crippen molar-refractivity contribution in [3.8, 4) is 10.6 Å². The van der Waals surface area contributed by atoms with Crippen molar-refractivity contribution in [2.24, 2.45) is 0 Å². The van der Waals surface area contributed by atoms with E-state index in [9.17, 15) is 14.9 Å². The van der Waals surface area contributed by atoms with Crippen LogP contribution in [0, 0.1) is 10.1 Å². The first-order valence-electron chi connectivity index (χ1n) is 6.06. The average molecular weight is 332 g/mol. The highest BCUT2D eigenvalue weighted by molar-refractivity contribution is 7.18. The highest BCUT2D eigenvalue weighted by atomic mass is 32.1. The van der Waals surface area contributed by atoms with Crippen molar-refractivity contribution >= 4 is 39.4 Å². The standard InChI is InChI=1S/C13H8N4O3S2/c18-11(10-2-1-7-21-10)14-13-16-15-12(22-13)8-3-5-9(6-4-8)17(19)20/h1-7H,(H,14,16,18). The van der Waals surface area contributed by atoms with Crippen LogP contribution >= 0.6 is 22.7 Å². The SMILES string of the molecule is O=C(Nc1nnc(-c2ccc([N+](=O)[O-])cc2)s1)c1cccs1. The number of carbonyl (C=O) groups is 1. The summed E-state index contributed by atoms with van der Waals surface area (Å²) in [4.78, 5) is 22.7. The van der Waals surface area contributed by atoms with Crippen molar-refractivity contribution in [3.05, 3.63) is 56.8 Å². The molecule has 0 spiro atoms. The smallest absolute Gasteiger partial charge is 0.269 e. The molecule has 1 amide bonds. The highest BCUT2D eigenvalue weighted by Gasteiger charge is 2.13. The maximum atomic E-state index is 11.9. The number of aromatic nitrogens is 2. The molecular formula is C13H8N4O3S2. The van der Waals surface area contributed by atoms with E-state index in [1.54, 1.807) is 24.3 Å². The van der Waals surface area contributed by atoms with E-state index in [0.29, 0.717) is 20.6 Å². The fourth-order valence-corrected chi connectivity index (χ4v) is 3.05. The second-order valence-corrected chi connectivity index (χ2v) is 6.07. The number of amides is 1. The fraction of sp³-hybridized carbons (Fsp3) is 0. The van der Waals surface area contributed by atoms with Crippen LogP contribution in [0.5, 0.6) is 0 Å². The first kappa shape index (κ1) is 14.3. The predicted octanol–water partition coefficient (Wildman–Crippen LogP) is 3.43. The summed E-state index contributed by atoms with van der Waals surface area (Å²) in [5, 5.41) is 24.0. The Balaban J connectivity index is 1.76. The van der Waals surface area contributed by atoms with Gasteiger partial charge in [-0.3, -0.25) is 20.2 Å². The Morgan fingerprint density at radius 2 is 1.95 bits per heavy atom. The Hall–Kier alpha value is -2.65. The summed E-state index contributed by atoms with van der Waals surface area (Å²) in [5.41, 5.74) is 0.721. The third-order valence-corrected chi connectivity index (χ3v) is 4.47. The zero-order valence-corrected chi connectivity index (χ0v) is 12.6. The van der Waals surface area contributed by atoms with Gasteiger partial charge in [0, 0.05) is 17.7 Å². The normalized spacial score (nSPS) is 10.4. The maximum absolute atomic E-state index is 11.9. The van der Waals surface area contributed by atoms with Crippen LogP contribution in [0.15, 0.2) is 41.8 Å². The predicted molar refractivity (Wildman–Crippen MR) is 84.3 cm³/mol. The molecule has 0 aliphatic heterocycles. The topological polar surface area (TPSA) is 98.0 Å². The lowest BCUT2D eigenvalue weighted by molar-refractivity contribution is -0.384. The molecule has 0 atom stereocenters. The number of benzene rings is 1.